The maximum absolute atomic E-state index is 13.2. The highest BCUT2D eigenvalue weighted by Crippen LogP contribution is 2.48. The standard InChI is InChI=1S/C27H24FN5O6/c1-36-20-14-18-22(33-24(20)38-3)19(10-13-29-18)39-21-9-8-17(23(32-21)37-2)31-26(35)27(11-12-27)25(34)30-16-6-4-15(28)5-7-16/h4-10,13-14H,11-12H2,1-3H3,(H,30,34)(H,31,35). The van der Waals surface area contributed by atoms with E-state index in [2.05, 4.69) is 25.6 Å². The van der Waals surface area contributed by atoms with Crippen LogP contribution in [0.4, 0.5) is 15.8 Å². The van der Waals surface area contributed by atoms with Crippen molar-refractivity contribution < 1.29 is 32.9 Å². The number of halogens is 1. The van der Waals surface area contributed by atoms with Gasteiger partial charge in [0, 0.05) is 30.1 Å². The van der Waals surface area contributed by atoms with Crippen LogP contribution in [0.15, 0.2) is 54.7 Å². The molecule has 0 spiro atoms. The largest absolute Gasteiger partial charge is 0.491 e. The zero-order chi connectivity index (χ0) is 27.6. The Kier molecular flexibility index (Phi) is 6.84. The third-order valence-electron chi connectivity index (χ3n) is 6.23. The van der Waals surface area contributed by atoms with Gasteiger partial charge in [0.15, 0.2) is 11.5 Å². The lowest BCUT2D eigenvalue weighted by molar-refractivity contribution is -0.131. The number of hydrogen-bond acceptors (Lipinski definition) is 9. The Bertz CT molecular complexity index is 1560. The van der Waals surface area contributed by atoms with Gasteiger partial charge in [-0.25, -0.2) is 9.37 Å². The van der Waals surface area contributed by atoms with E-state index < -0.39 is 23.0 Å². The third kappa shape index (κ3) is 5.08. The summed E-state index contributed by atoms with van der Waals surface area (Å²) in [4.78, 5) is 39.0. The number of amides is 2. The number of nitrogens with one attached hydrogen (secondary N) is 2. The van der Waals surface area contributed by atoms with Crippen LogP contribution >= 0.6 is 0 Å². The van der Waals surface area contributed by atoms with Gasteiger partial charge in [-0.3, -0.25) is 14.6 Å². The van der Waals surface area contributed by atoms with Crippen molar-refractivity contribution in [2.75, 3.05) is 32.0 Å². The number of carbonyl (C=O) groups excluding carboxylic acids is 2. The van der Waals surface area contributed by atoms with E-state index in [-0.39, 0.29) is 23.3 Å². The lowest BCUT2D eigenvalue weighted by atomic mass is 10.0. The SMILES string of the molecule is COc1cc2nccc(Oc3ccc(NC(=O)C4(C(=O)Nc5ccc(F)cc5)CC4)c(OC)n3)c2nc1OC. The number of ether oxygens (including phenoxy) is 4. The van der Waals surface area contributed by atoms with Crippen LogP contribution < -0.4 is 29.6 Å². The zero-order valence-corrected chi connectivity index (χ0v) is 21.3. The number of carbonyl (C=O) groups is 2. The monoisotopic (exact) mass is 533 g/mol. The second kappa shape index (κ2) is 10.4. The van der Waals surface area contributed by atoms with E-state index >= 15 is 0 Å². The van der Waals surface area contributed by atoms with E-state index in [1.165, 1.54) is 45.6 Å². The fraction of sp³-hybridized carbons (Fsp3) is 0.222. The molecular weight excluding hydrogens is 509 g/mol. The molecule has 3 heterocycles. The molecule has 1 fully saturated rings. The maximum Gasteiger partial charge on any atom is 0.257 e. The predicted octanol–water partition coefficient (Wildman–Crippen LogP) is 4.34. The van der Waals surface area contributed by atoms with Crippen LogP contribution in [0.1, 0.15) is 12.8 Å². The fourth-order valence-electron chi connectivity index (χ4n) is 3.94. The Hall–Kier alpha value is -5.00. The quantitative estimate of drug-likeness (QED) is 0.301. The number of benzene rings is 1. The van der Waals surface area contributed by atoms with Gasteiger partial charge in [-0.15, -0.1) is 0 Å². The minimum absolute atomic E-state index is 0.0844. The van der Waals surface area contributed by atoms with Gasteiger partial charge >= 0.3 is 0 Å². The molecule has 4 aromatic rings. The van der Waals surface area contributed by atoms with Gasteiger partial charge < -0.3 is 29.6 Å². The van der Waals surface area contributed by atoms with Crippen LogP contribution in [0.3, 0.4) is 0 Å². The van der Waals surface area contributed by atoms with Gasteiger partial charge in [0.2, 0.25) is 23.6 Å². The zero-order valence-electron chi connectivity index (χ0n) is 21.3. The Labute approximate surface area is 222 Å². The number of anilines is 2. The van der Waals surface area contributed by atoms with Crippen LogP contribution in [0, 0.1) is 11.2 Å². The number of hydrogen-bond donors (Lipinski definition) is 2. The van der Waals surface area contributed by atoms with Crippen molar-refractivity contribution in [2.24, 2.45) is 5.41 Å². The molecule has 0 atom stereocenters. The number of fused-ring (bicyclic) bond motifs is 1. The molecule has 0 bridgehead atoms. The van der Waals surface area contributed by atoms with Crippen LogP contribution in [0.5, 0.6) is 29.1 Å². The topological polar surface area (TPSA) is 134 Å². The van der Waals surface area contributed by atoms with E-state index in [1.807, 2.05) is 0 Å². The van der Waals surface area contributed by atoms with Crippen LogP contribution in [0.2, 0.25) is 0 Å². The van der Waals surface area contributed by atoms with Crippen molar-refractivity contribution in [1.29, 1.82) is 0 Å². The van der Waals surface area contributed by atoms with Crippen molar-refractivity contribution in [3.05, 3.63) is 60.5 Å². The first-order valence-corrected chi connectivity index (χ1v) is 11.9. The summed E-state index contributed by atoms with van der Waals surface area (Å²) >= 11 is 0. The molecule has 2 amide bonds. The first kappa shape index (κ1) is 25.6. The summed E-state index contributed by atoms with van der Waals surface area (Å²) in [6, 6.07) is 11.7. The van der Waals surface area contributed by atoms with Crippen molar-refractivity contribution in [3.63, 3.8) is 0 Å². The van der Waals surface area contributed by atoms with Crippen LogP contribution in [-0.4, -0.2) is 48.1 Å². The normalized spacial score (nSPS) is 13.3. The summed E-state index contributed by atoms with van der Waals surface area (Å²) in [6.45, 7) is 0. The number of rotatable bonds is 9. The van der Waals surface area contributed by atoms with E-state index in [9.17, 15) is 14.0 Å². The highest BCUT2D eigenvalue weighted by molar-refractivity contribution is 6.17. The van der Waals surface area contributed by atoms with E-state index in [1.54, 1.807) is 30.5 Å². The molecule has 1 saturated carbocycles. The maximum atomic E-state index is 13.2. The average Bonchev–Trinajstić information content (AvgIpc) is 3.77. The Morgan fingerprint density at radius 1 is 0.846 bits per heavy atom. The van der Waals surface area contributed by atoms with E-state index in [0.29, 0.717) is 41.1 Å². The van der Waals surface area contributed by atoms with E-state index in [0.717, 1.165) is 0 Å². The molecule has 0 radical (unpaired) electrons. The first-order chi connectivity index (χ1) is 18.9. The molecule has 200 valence electrons. The molecule has 39 heavy (non-hydrogen) atoms. The Morgan fingerprint density at radius 3 is 2.23 bits per heavy atom. The third-order valence-corrected chi connectivity index (χ3v) is 6.23. The molecule has 0 saturated heterocycles. The summed E-state index contributed by atoms with van der Waals surface area (Å²) in [6.07, 6.45) is 2.31. The number of aromatic nitrogens is 3. The molecule has 12 heteroatoms. The Morgan fingerprint density at radius 2 is 1.56 bits per heavy atom. The van der Waals surface area contributed by atoms with Gasteiger partial charge in [0.05, 0.1) is 26.8 Å². The number of pyridine rings is 3. The van der Waals surface area contributed by atoms with Crippen LogP contribution in [0.25, 0.3) is 11.0 Å². The summed E-state index contributed by atoms with van der Waals surface area (Å²) < 4.78 is 35.1. The van der Waals surface area contributed by atoms with Crippen molar-refractivity contribution in [3.8, 4) is 29.1 Å². The van der Waals surface area contributed by atoms with Gasteiger partial charge in [-0.05, 0) is 43.2 Å². The van der Waals surface area contributed by atoms with Crippen LogP contribution in [-0.2, 0) is 9.59 Å². The second-order valence-corrected chi connectivity index (χ2v) is 8.68. The molecule has 1 aliphatic rings. The minimum atomic E-state index is -1.24. The van der Waals surface area contributed by atoms with Crippen molar-refractivity contribution in [2.45, 2.75) is 12.8 Å². The van der Waals surface area contributed by atoms with Gasteiger partial charge in [-0.1, -0.05) is 0 Å². The highest BCUT2D eigenvalue weighted by Gasteiger charge is 2.56. The molecule has 3 aromatic heterocycles. The summed E-state index contributed by atoms with van der Waals surface area (Å²) in [5.41, 5.74) is 0.372. The lowest BCUT2D eigenvalue weighted by Crippen LogP contribution is -2.35. The summed E-state index contributed by atoms with van der Waals surface area (Å²) in [7, 11) is 4.38. The summed E-state index contributed by atoms with van der Waals surface area (Å²) in [5.74, 6) is -0.0821. The average molecular weight is 534 g/mol. The lowest BCUT2D eigenvalue weighted by Gasteiger charge is -2.17. The van der Waals surface area contributed by atoms with Crippen molar-refractivity contribution in [1.82, 2.24) is 15.0 Å². The molecular formula is C27H24FN5O6. The summed E-state index contributed by atoms with van der Waals surface area (Å²) in [5, 5.41) is 5.41. The van der Waals surface area contributed by atoms with Crippen molar-refractivity contribution >= 4 is 34.2 Å². The smallest absolute Gasteiger partial charge is 0.257 e. The van der Waals surface area contributed by atoms with Gasteiger partial charge in [0.1, 0.15) is 22.4 Å². The molecule has 11 nitrogen and oxygen atoms in total. The molecule has 2 N–H and O–H groups in total. The second-order valence-electron chi connectivity index (χ2n) is 8.68. The Balaban J connectivity index is 1.34. The molecule has 0 aliphatic heterocycles. The number of nitrogens with zero attached hydrogens (tertiary/aromatic N) is 3. The molecule has 5 rings (SSSR count). The molecule has 1 aromatic carbocycles. The van der Waals surface area contributed by atoms with Gasteiger partial charge in [-0.2, -0.15) is 4.98 Å². The first-order valence-electron chi connectivity index (χ1n) is 11.9. The fourth-order valence-corrected chi connectivity index (χ4v) is 3.94. The van der Waals surface area contributed by atoms with Gasteiger partial charge in [0.25, 0.3) is 5.88 Å². The molecule has 1 aliphatic carbocycles. The van der Waals surface area contributed by atoms with E-state index in [4.69, 9.17) is 18.9 Å². The highest BCUT2D eigenvalue weighted by atomic mass is 19.1. The predicted molar refractivity (Wildman–Crippen MR) is 139 cm³/mol. The molecule has 0 unspecified atom stereocenters. The minimum Gasteiger partial charge on any atom is -0.491 e. The number of methoxy groups -OCH3 is 3.